The monoisotopic (exact) mass is 144 g/mol. The Morgan fingerprint density at radius 3 is 2.22 bits per heavy atom. The Balaban J connectivity index is 3.90. The Hall–Kier alpha value is 0.507. The van der Waals surface area contributed by atoms with E-state index in [9.17, 15) is 8.42 Å². The molecule has 0 saturated heterocycles. The SMILES string of the molecule is [Li][CH](CCC)S(=O)(=O)O. The van der Waals surface area contributed by atoms with Gasteiger partial charge < -0.3 is 0 Å². The molecule has 9 heavy (non-hydrogen) atoms. The molecule has 0 heterocycles. The molecule has 0 spiro atoms. The molecule has 5 heteroatoms. The summed E-state index contributed by atoms with van der Waals surface area (Å²) in [7, 11) is -3.76. The van der Waals surface area contributed by atoms with Crippen molar-refractivity contribution in [3.63, 3.8) is 0 Å². The van der Waals surface area contributed by atoms with Crippen molar-refractivity contribution in [2.45, 2.75) is 23.7 Å². The quantitative estimate of drug-likeness (QED) is 0.453. The van der Waals surface area contributed by atoms with Crippen molar-refractivity contribution in [2.75, 3.05) is 0 Å². The predicted molar refractivity (Wildman–Crippen MR) is 36.0 cm³/mol. The van der Waals surface area contributed by atoms with Crippen molar-refractivity contribution >= 4 is 27.8 Å². The topological polar surface area (TPSA) is 54.4 Å². The van der Waals surface area contributed by atoms with Crippen LogP contribution in [0.4, 0.5) is 0 Å². The van der Waals surface area contributed by atoms with E-state index in [1.54, 1.807) is 0 Å². The molecule has 1 atom stereocenters. The molecule has 0 radical (unpaired) electrons. The predicted octanol–water partition coefficient (Wildman–Crippen LogP) is 0.169. The molecule has 0 bridgehead atoms. The zero-order valence-corrected chi connectivity index (χ0v) is 6.48. The molecule has 1 unspecified atom stereocenters. The number of hydrogen-bond acceptors (Lipinski definition) is 2. The summed E-state index contributed by atoms with van der Waals surface area (Å²) in [6.45, 7) is 1.88. The van der Waals surface area contributed by atoms with E-state index in [0.29, 0.717) is 6.42 Å². The maximum absolute atomic E-state index is 10.3. The third-order valence-corrected chi connectivity index (χ3v) is 2.46. The molecule has 0 aliphatic heterocycles. The molecule has 3 nitrogen and oxygen atoms in total. The summed E-state index contributed by atoms with van der Waals surface area (Å²) in [5.74, 6) is 0. The molecule has 0 aliphatic rings. The van der Waals surface area contributed by atoms with Crippen molar-refractivity contribution in [3.05, 3.63) is 0 Å². The second kappa shape index (κ2) is 3.62. The Bertz CT molecular complexity index is 163. The van der Waals surface area contributed by atoms with Gasteiger partial charge in [-0.1, -0.05) is 0 Å². The molecule has 0 fully saturated rings. The van der Waals surface area contributed by atoms with Gasteiger partial charge in [-0.3, -0.25) is 0 Å². The van der Waals surface area contributed by atoms with Gasteiger partial charge in [-0.15, -0.1) is 0 Å². The van der Waals surface area contributed by atoms with Gasteiger partial charge in [-0.25, -0.2) is 0 Å². The molecule has 0 aromatic heterocycles. The first-order chi connectivity index (χ1) is 3.98. The van der Waals surface area contributed by atoms with Crippen molar-refractivity contribution in [3.8, 4) is 0 Å². The minimum atomic E-state index is -3.76. The van der Waals surface area contributed by atoms with Crippen LogP contribution in [-0.2, 0) is 10.1 Å². The standard InChI is InChI=1S/C4H9O3S.Li/c1-2-3-4-8(5,6)7;/h4H,2-3H2,1H3,(H,5,6,7);. The third-order valence-electron chi connectivity index (χ3n) is 1.20. The Labute approximate surface area is 64.8 Å². The maximum atomic E-state index is 10.3. The van der Waals surface area contributed by atoms with Crippen LogP contribution in [0.2, 0.25) is 0 Å². The Morgan fingerprint density at radius 2 is 2.11 bits per heavy atom. The van der Waals surface area contributed by atoms with E-state index < -0.39 is 14.0 Å². The molecule has 50 valence electrons. The molecule has 0 aromatic rings. The Morgan fingerprint density at radius 1 is 1.67 bits per heavy atom. The molecular formula is C4H9LiO3S. The molecule has 0 amide bonds. The van der Waals surface area contributed by atoms with E-state index in [1.165, 1.54) is 17.7 Å². The van der Waals surface area contributed by atoms with Crippen molar-refractivity contribution in [1.82, 2.24) is 0 Å². The zero-order chi connectivity index (χ0) is 7.49. The Kier molecular flexibility index (Phi) is 3.83. The van der Waals surface area contributed by atoms with Crippen LogP contribution in [-0.4, -0.2) is 34.6 Å². The van der Waals surface area contributed by atoms with E-state index in [4.69, 9.17) is 4.55 Å². The van der Waals surface area contributed by atoms with E-state index >= 15 is 0 Å². The van der Waals surface area contributed by atoms with Crippen molar-refractivity contribution in [2.24, 2.45) is 0 Å². The molecule has 1 N–H and O–H groups in total. The normalized spacial score (nSPS) is 15.6. The average molecular weight is 144 g/mol. The fourth-order valence-electron chi connectivity index (χ4n) is 0.555. The van der Waals surface area contributed by atoms with Crippen LogP contribution in [0.5, 0.6) is 0 Å². The van der Waals surface area contributed by atoms with Crippen molar-refractivity contribution in [1.29, 1.82) is 0 Å². The van der Waals surface area contributed by atoms with E-state index in [1.807, 2.05) is 6.92 Å². The van der Waals surface area contributed by atoms with Crippen LogP contribution in [0.1, 0.15) is 19.8 Å². The van der Waals surface area contributed by atoms with Gasteiger partial charge in [0.05, 0.1) is 0 Å². The van der Waals surface area contributed by atoms with Gasteiger partial charge in [0.2, 0.25) is 0 Å². The van der Waals surface area contributed by atoms with Crippen LogP contribution < -0.4 is 0 Å². The fraction of sp³-hybridized carbons (Fsp3) is 1.00. The van der Waals surface area contributed by atoms with E-state index in [2.05, 4.69) is 0 Å². The van der Waals surface area contributed by atoms with Crippen molar-refractivity contribution < 1.29 is 13.0 Å². The van der Waals surface area contributed by atoms with E-state index in [-0.39, 0.29) is 0 Å². The summed E-state index contributed by atoms with van der Waals surface area (Å²) < 4.78 is 28.3. The summed E-state index contributed by atoms with van der Waals surface area (Å²) in [4.78, 5) is 0. The second-order valence-electron chi connectivity index (χ2n) is 2.11. The first-order valence-corrected chi connectivity index (χ1v) is 4.45. The summed E-state index contributed by atoms with van der Waals surface area (Å²) in [6.07, 6.45) is 1.31. The molecule has 0 aliphatic carbocycles. The first kappa shape index (κ1) is 9.51. The third kappa shape index (κ3) is 3.99. The fourth-order valence-corrected chi connectivity index (χ4v) is 1.09. The van der Waals surface area contributed by atoms with E-state index in [0.717, 1.165) is 6.42 Å². The van der Waals surface area contributed by atoms with Gasteiger partial charge in [0, 0.05) is 0 Å². The summed E-state index contributed by atoms with van der Waals surface area (Å²) >= 11 is 1.50. The van der Waals surface area contributed by atoms with Gasteiger partial charge in [-0.05, 0) is 0 Å². The van der Waals surface area contributed by atoms with Crippen LogP contribution in [0.3, 0.4) is 0 Å². The van der Waals surface area contributed by atoms with Gasteiger partial charge in [0.1, 0.15) is 0 Å². The van der Waals surface area contributed by atoms with Crippen LogP contribution in [0.25, 0.3) is 0 Å². The molecular weight excluding hydrogens is 135 g/mol. The zero-order valence-electron chi connectivity index (χ0n) is 5.66. The van der Waals surface area contributed by atoms with Gasteiger partial charge >= 0.3 is 64.5 Å². The summed E-state index contributed by atoms with van der Waals surface area (Å²) in [6, 6.07) is 0. The first-order valence-electron chi connectivity index (χ1n) is 2.94. The second-order valence-corrected chi connectivity index (χ2v) is 3.95. The number of hydrogen-bond donors (Lipinski definition) is 1. The van der Waals surface area contributed by atoms with Crippen LogP contribution in [0.15, 0.2) is 0 Å². The molecule has 0 saturated carbocycles. The van der Waals surface area contributed by atoms with Gasteiger partial charge in [0.25, 0.3) is 0 Å². The van der Waals surface area contributed by atoms with Crippen LogP contribution in [0, 0.1) is 0 Å². The number of rotatable bonds is 3. The summed E-state index contributed by atoms with van der Waals surface area (Å²) in [5, 5.41) is 0. The minimum absolute atomic E-state index is 0.527. The van der Waals surface area contributed by atoms with Gasteiger partial charge in [-0.2, -0.15) is 0 Å². The molecule has 0 aromatic carbocycles. The average Bonchev–Trinajstić information content (AvgIpc) is 1.64. The molecule has 0 rings (SSSR count). The summed E-state index contributed by atoms with van der Waals surface area (Å²) in [5.41, 5.74) is 0. The van der Waals surface area contributed by atoms with Crippen LogP contribution >= 0.6 is 0 Å². The van der Waals surface area contributed by atoms with Gasteiger partial charge in [0.15, 0.2) is 0 Å².